The maximum Gasteiger partial charge on any atom is 0.0960 e. The summed E-state index contributed by atoms with van der Waals surface area (Å²) < 4.78 is 5.09. The van der Waals surface area contributed by atoms with E-state index < -0.39 is 0 Å². The van der Waals surface area contributed by atoms with Crippen molar-refractivity contribution in [2.45, 2.75) is 25.4 Å². The molecule has 0 aliphatic carbocycles. The Morgan fingerprint density at radius 3 is 3.07 bits per heavy atom. The highest BCUT2D eigenvalue weighted by atomic mass is 32.1. The second-order valence-corrected chi connectivity index (χ2v) is 4.77. The van der Waals surface area contributed by atoms with E-state index in [1.807, 2.05) is 6.20 Å². The predicted octanol–water partition coefficient (Wildman–Crippen LogP) is 1.76. The van der Waals surface area contributed by atoms with Gasteiger partial charge < -0.3 is 10.1 Å². The van der Waals surface area contributed by atoms with E-state index in [2.05, 4.69) is 10.3 Å². The summed E-state index contributed by atoms with van der Waals surface area (Å²) in [4.78, 5) is 5.71. The number of piperidine rings is 1. The zero-order chi connectivity index (χ0) is 9.80. The first-order valence-corrected chi connectivity index (χ1v) is 5.86. The molecule has 0 saturated carbocycles. The quantitative estimate of drug-likeness (QED) is 0.829. The number of ether oxygens (including phenoxy) is 1. The summed E-state index contributed by atoms with van der Waals surface area (Å²) in [5.74, 6) is 0.673. The van der Waals surface area contributed by atoms with Crippen LogP contribution in [0.4, 0.5) is 0 Å². The van der Waals surface area contributed by atoms with Crippen LogP contribution in [-0.4, -0.2) is 25.2 Å². The lowest BCUT2D eigenvalue weighted by molar-refractivity contribution is 0.187. The van der Waals surface area contributed by atoms with E-state index in [-0.39, 0.29) is 0 Å². The van der Waals surface area contributed by atoms with E-state index in [1.165, 1.54) is 22.7 Å². The fraction of sp³-hybridized carbons (Fsp3) is 0.700. The maximum atomic E-state index is 5.09. The van der Waals surface area contributed by atoms with Gasteiger partial charge in [0.15, 0.2) is 0 Å². The first-order chi connectivity index (χ1) is 6.90. The van der Waals surface area contributed by atoms with Crippen LogP contribution in [0, 0.1) is 0 Å². The Balaban J connectivity index is 2.00. The molecule has 2 heterocycles. The molecule has 1 aromatic heterocycles. The van der Waals surface area contributed by atoms with Crippen molar-refractivity contribution in [3.63, 3.8) is 0 Å². The summed E-state index contributed by atoms with van der Waals surface area (Å²) in [6, 6.07) is 0. The Bertz CT molecular complexity index is 281. The molecule has 1 aliphatic heterocycles. The molecule has 0 atom stereocenters. The molecule has 0 aromatic carbocycles. The lowest BCUT2D eigenvalue weighted by Gasteiger charge is -2.20. The highest BCUT2D eigenvalue weighted by Crippen LogP contribution is 2.28. The van der Waals surface area contributed by atoms with Gasteiger partial charge in [0.2, 0.25) is 0 Å². The number of hydrogen-bond acceptors (Lipinski definition) is 4. The first-order valence-electron chi connectivity index (χ1n) is 5.04. The summed E-state index contributed by atoms with van der Waals surface area (Å²) in [5.41, 5.74) is 0. The molecule has 0 amide bonds. The molecule has 1 fully saturated rings. The van der Waals surface area contributed by atoms with Crippen molar-refractivity contribution in [3.05, 3.63) is 16.1 Å². The smallest absolute Gasteiger partial charge is 0.0960 e. The second-order valence-electron chi connectivity index (χ2n) is 3.62. The Morgan fingerprint density at radius 2 is 2.36 bits per heavy atom. The van der Waals surface area contributed by atoms with Gasteiger partial charge in [-0.15, -0.1) is 11.3 Å². The molecule has 0 spiro atoms. The Kier molecular flexibility index (Phi) is 3.50. The minimum atomic E-state index is 0.673. The standard InChI is InChI=1S/C10H16N2OS/c1-13-7-9-6-12-10(14-9)8-2-4-11-5-3-8/h6,8,11H,2-5,7H2,1H3. The monoisotopic (exact) mass is 212 g/mol. The number of hydrogen-bond donors (Lipinski definition) is 1. The number of nitrogens with one attached hydrogen (secondary N) is 1. The molecule has 4 heteroatoms. The Morgan fingerprint density at radius 1 is 1.57 bits per heavy atom. The van der Waals surface area contributed by atoms with E-state index in [0.29, 0.717) is 12.5 Å². The van der Waals surface area contributed by atoms with Crippen LogP contribution in [0.3, 0.4) is 0 Å². The molecule has 78 valence electrons. The van der Waals surface area contributed by atoms with Crippen molar-refractivity contribution in [3.8, 4) is 0 Å². The van der Waals surface area contributed by atoms with Crippen molar-refractivity contribution in [1.82, 2.24) is 10.3 Å². The summed E-state index contributed by atoms with van der Waals surface area (Å²) >= 11 is 1.80. The van der Waals surface area contributed by atoms with Crippen molar-refractivity contribution < 1.29 is 4.74 Å². The fourth-order valence-electron chi connectivity index (χ4n) is 1.79. The van der Waals surface area contributed by atoms with Gasteiger partial charge in [-0.05, 0) is 25.9 Å². The molecule has 3 nitrogen and oxygen atoms in total. The van der Waals surface area contributed by atoms with Crippen LogP contribution in [0.15, 0.2) is 6.20 Å². The third-order valence-electron chi connectivity index (χ3n) is 2.55. The normalized spacial score (nSPS) is 18.6. The van der Waals surface area contributed by atoms with Gasteiger partial charge in [-0.25, -0.2) is 4.98 Å². The molecule has 1 aromatic rings. The predicted molar refractivity (Wildman–Crippen MR) is 57.7 cm³/mol. The number of methoxy groups -OCH3 is 1. The van der Waals surface area contributed by atoms with E-state index in [9.17, 15) is 0 Å². The average Bonchev–Trinajstić information content (AvgIpc) is 2.68. The lowest BCUT2D eigenvalue weighted by atomic mass is 9.99. The third kappa shape index (κ3) is 2.32. The van der Waals surface area contributed by atoms with Crippen molar-refractivity contribution >= 4 is 11.3 Å². The molecule has 14 heavy (non-hydrogen) atoms. The summed E-state index contributed by atoms with van der Waals surface area (Å²) in [7, 11) is 1.73. The van der Waals surface area contributed by atoms with Gasteiger partial charge in [0.25, 0.3) is 0 Å². The second kappa shape index (κ2) is 4.87. The van der Waals surface area contributed by atoms with Crippen molar-refractivity contribution in [1.29, 1.82) is 0 Å². The van der Waals surface area contributed by atoms with E-state index >= 15 is 0 Å². The summed E-state index contributed by atoms with van der Waals surface area (Å²) in [5, 5.41) is 4.66. The molecule has 1 N–H and O–H groups in total. The topological polar surface area (TPSA) is 34.1 Å². The average molecular weight is 212 g/mol. The van der Waals surface area contributed by atoms with E-state index in [1.54, 1.807) is 18.4 Å². The molecule has 0 radical (unpaired) electrons. The number of aromatic nitrogens is 1. The zero-order valence-electron chi connectivity index (χ0n) is 8.45. The SMILES string of the molecule is COCc1cnc(C2CCNCC2)s1. The molecule has 2 rings (SSSR count). The van der Waals surface area contributed by atoms with E-state index in [0.717, 1.165) is 13.1 Å². The third-order valence-corrected chi connectivity index (χ3v) is 3.68. The van der Waals surface area contributed by atoms with Crippen LogP contribution >= 0.6 is 11.3 Å². The maximum absolute atomic E-state index is 5.09. The highest BCUT2D eigenvalue weighted by molar-refractivity contribution is 7.11. The zero-order valence-corrected chi connectivity index (χ0v) is 9.27. The van der Waals surface area contributed by atoms with Gasteiger partial charge in [0.05, 0.1) is 16.5 Å². The number of rotatable bonds is 3. The van der Waals surface area contributed by atoms with Gasteiger partial charge in [0, 0.05) is 19.2 Å². The molecule has 1 saturated heterocycles. The minimum Gasteiger partial charge on any atom is -0.379 e. The number of thiazole rings is 1. The van der Waals surface area contributed by atoms with Crippen LogP contribution in [0.1, 0.15) is 28.6 Å². The highest BCUT2D eigenvalue weighted by Gasteiger charge is 2.18. The summed E-state index contributed by atoms with van der Waals surface area (Å²) in [6.07, 6.45) is 4.39. The van der Waals surface area contributed by atoms with Crippen LogP contribution in [0.2, 0.25) is 0 Å². The Labute approximate surface area is 88.5 Å². The number of nitrogens with zero attached hydrogens (tertiary/aromatic N) is 1. The molecular weight excluding hydrogens is 196 g/mol. The van der Waals surface area contributed by atoms with Gasteiger partial charge >= 0.3 is 0 Å². The van der Waals surface area contributed by atoms with Gasteiger partial charge in [-0.3, -0.25) is 0 Å². The van der Waals surface area contributed by atoms with Crippen LogP contribution in [0.25, 0.3) is 0 Å². The van der Waals surface area contributed by atoms with Crippen molar-refractivity contribution in [2.24, 2.45) is 0 Å². The van der Waals surface area contributed by atoms with Gasteiger partial charge in [-0.2, -0.15) is 0 Å². The van der Waals surface area contributed by atoms with Crippen molar-refractivity contribution in [2.75, 3.05) is 20.2 Å². The largest absolute Gasteiger partial charge is 0.379 e. The molecule has 1 aliphatic rings. The fourth-order valence-corrected chi connectivity index (χ4v) is 2.85. The van der Waals surface area contributed by atoms with Crippen LogP contribution in [-0.2, 0) is 11.3 Å². The molecular formula is C10H16N2OS. The molecule has 0 unspecified atom stereocenters. The lowest BCUT2D eigenvalue weighted by Crippen LogP contribution is -2.26. The van der Waals surface area contributed by atoms with Gasteiger partial charge in [-0.1, -0.05) is 0 Å². The summed E-state index contributed by atoms with van der Waals surface area (Å²) in [6.45, 7) is 2.95. The minimum absolute atomic E-state index is 0.673. The van der Waals surface area contributed by atoms with Crippen LogP contribution in [0.5, 0.6) is 0 Å². The van der Waals surface area contributed by atoms with Crippen LogP contribution < -0.4 is 5.32 Å². The van der Waals surface area contributed by atoms with E-state index in [4.69, 9.17) is 4.74 Å². The molecule has 0 bridgehead atoms. The Hall–Kier alpha value is -0.450. The first kappa shape index (κ1) is 10.1. The van der Waals surface area contributed by atoms with Gasteiger partial charge in [0.1, 0.15) is 0 Å².